The lowest BCUT2D eigenvalue weighted by atomic mass is 10.1. The van der Waals surface area contributed by atoms with E-state index < -0.39 is 0 Å². The van der Waals surface area contributed by atoms with Crippen LogP contribution >= 0.6 is 11.3 Å². The number of nitrogens with one attached hydrogen (secondary N) is 1. The summed E-state index contributed by atoms with van der Waals surface area (Å²) in [6, 6.07) is 7.13. The van der Waals surface area contributed by atoms with E-state index in [2.05, 4.69) is 20.5 Å². The number of hydrogen-bond acceptors (Lipinski definition) is 6. The molecular weight excluding hydrogens is 312 g/mol. The van der Waals surface area contributed by atoms with Crippen LogP contribution in [0.4, 0.5) is 5.13 Å². The van der Waals surface area contributed by atoms with Gasteiger partial charge in [0.1, 0.15) is 10.7 Å². The fourth-order valence-electron chi connectivity index (χ4n) is 2.05. The summed E-state index contributed by atoms with van der Waals surface area (Å²) in [4.78, 5) is 16.8. The maximum atomic E-state index is 12.4. The van der Waals surface area contributed by atoms with Crippen molar-refractivity contribution in [2.75, 3.05) is 5.32 Å². The summed E-state index contributed by atoms with van der Waals surface area (Å²) in [6.45, 7) is 5.86. The Morgan fingerprint density at radius 1 is 1.26 bits per heavy atom. The highest BCUT2D eigenvalue weighted by Gasteiger charge is 2.15. The highest BCUT2D eigenvalue weighted by molar-refractivity contribution is 7.15. The molecule has 0 aromatic carbocycles. The topological polar surface area (TPSA) is 80.9 Å². The van der Waals surface area contributed by atoms with E-state index in [1.165, 1.54) is 11.3 Å². The summed E-state index contributed by atoms with van der Waals surface area (Å²) < 4.78 is 5.32. The number of nitrogens with zero attached hydrogens (tertiary/aromatic N) is 3. The standard InChI is InChI=1S/C16H16N4O2S/c1-9(2)15-19-20-16(23-15)18-14(21)11-6-7-12(17-10(11)3)13-5-4-8-22-13/h4-9H,1-3H3,(H,18,20,21). The van der Waals surface area contributed by atoms with E-state index in [9.17, 15) is 4.79 Å². The smallest absolute Gasteiger partial charge is 0.259 e. The molecule has 0 saturated heterocycles. The molecule has 0 spiro atoms. The molecule has 6 nitrogen and oxygen atoms in total. The minimum absolute atomic E-state index is 0.243. The van der Waals surface area contributed by atoms with E-state index in [-0.39, 0.29) is 11.8 Å². The van der Waals surface area contributed by atoms with Crippen molar-refractivity contribution < 1.29 is 9.21 Å². The molecule has 7 heteroatoms. The van der Waals surface area contributed by atoms with Gasteiger partial charge in [-0.2, -0.15) is 0 Å². The Morgan fingerprint density at radius 2 is 2.09 bits per heavy atom. The first-order valence-electron chi connectivity index (χ1n) is 7.21. The summed E-state index contributed by atoms with van der Waals surface area (Å²) in [5.41, 5.74) is 1.83. The minimum Gasteiger partial charge on any atom is -0.463 e. The van der Waals surface area contributed by atoms with Crippen LogP contribution in [-0.2, 0) is 0 Å². The number of hydrogen-bond donors (Lipinski definition) is 1. The Balaban J connectivity index is 1.79. The lowest BCUT2D eigenvalue weighted by molar-refractivity contribution is 0.102. The van der Waals surface area contributed by atoms with Gasteiger partial charge in [-0.3, -0.25) is 10.1 Å². The zero-order chi connectivity index (χ0) is 16.4. The normalized spacial score (nSPS) is 11.0. The van der Waals surface area contributed by atoms with E-state index in [0.717, 1.165) is 5.01 Å². The van der Waals surface area contributed by atoms with Crippen LogP contribution in [0.2, 0.25) is 0 Å². The van der Waals surface area contributed by atoms with Crippen LogP contribution in [-0.4, -0.2) is 21.1 Å². The molecule has 3 aromatic rings. The highest BCUT2D eigenvalue weighted by Crippen LogP contribution is 2.24. The molecule has 0 fully saturated rings. The van der Waals surface area contributed by atoms with E-state index in [4.69, 9.17) is 4.42 Å². The third-order valence-electron chi connectivity index (χ3n) is 3.26. The van der Waals surface area contributed by atoms with Crippen LogP contribution in [0, 0.1) is 6.92 Å². The van der Waals surface area contributed by atoms with Gasteiger partial charge in [0.05, 0.1) is 17.5 Å². The van der Waals surface area contributed by atoms with Crippen LogP contribution in [0.1, 0.15) is 40.8 Å². The van der Waals surface area contributed by atoms with Gasteiger partial charge in [-0.1, -0.05) is 25.2 Å². The number of rotatable bonds is 4. The number of carbonyl (C=O) groups is 1. The van der Waals surface area contributed by atoms with Crippen LogP contribution < -0.4 is 5.32 Å². The number of amides is 1. The monoisotopic (exact) mass is 328 g/mol. The van der Waals surface area contributed by atoms with Crippen molar-refractivity contribution in [3.05, 3.63) is 46.8 Å². The maximum Gasteiger partial charge on any atom is 0.259 e. The molecule has 0 aliphatic carbocycles. The summed E-state index contributed by atoms with van der Waals surface area (Å²) in [5, 5.41) is 12.2. The summed E-state index contributed by atoms with van der Waals surface area (Å²) in [5.74, 6) is 0.715. The quantitative estimate of drug-likeness (QED) is 0.786. The maximum absolute atomic E-state index is 12.4. The molecule has 0 unspecified atom stereocenters. The molecule has 1 N–H and O–H groups in total. The van der Waals surface area contributed by atoms with Crippen molar-refractivity contribution >= 4 is 22.4 Å². The fraction of sp³-hybridized carbons (Fsp3) is 0.250. The molecule has 3 aromatic heterocycles. The van der Waals surface area contributed by atoms with E-state index in [1.54, 1.807) is 31.4 Å². The zero-order valence-electron chi connectivity index (χ0n) is 13.0. The van der Waals surface area contributed by atoms with E-state index in [1.807, 2.05) is 19.9 Å². The molecule has 118 valence electrons. The van der Waals surface area contributed by atoms with Crippen LogP contribution in [0.5, 0.6) is 0 Å². The lowest BCUT2D eigenvalue weighted by Gasteiger charge is -2.06. The van der Waals surface area contributed by atoms with Gasteiger partial charge in [0.15, 0.2) is 5.76 Å². The molecule has 0 saturated carbocycles. The van der Waals surface area contributed by atoms with Crippen LogP contribution in [0.3, 0.4) is 0 Å². The van der Waals surface area contributed by atoms with E-state index in [0.29, 0.717) is 27.8 Å². The first-order valence-corrected chi connectivity index (χ1v) is 8.02. The number of pyridine rings is 1. The minimum atomic E-state index is -0.243. The Kier molecular flexibility index (Phi) is 4.20. The number of carbonyl (C=O) groups excluding carboxylic acids is 1. The van der Waals surface area contributed by atoms with Gasteiger partial charge in [-0.15, -0.1) is 10.2 Å². The lowest BCUT2D eigenvalue weighted by Crippen LogP contribution is -2.14. The Morgan fingerprint density at radius 3 is 2.70 bits per heavy atom. The third-order valence-corrected chi connectivity index (χ3v) is 4.40. The van der Waals surface area contributed by atoms with Crippen LogP contribution in [0.25, 0.3) is 11.5 Å². The van der Waals surface area contributed by atoms with Gasteiger partial charge >= 0.3 is 0 Å². The number of aryl methyl sites for hydroxylation is 1. The SMILES string of the molecule is Cc1nc(-c2ccco2)ccc1C(=O)Nc1nnc(C(C)C)s1. The molecule has 3 heterocycles. The van der Waals surface area contributed by atoms with Gasteiger partial charge < -0.3 is 4.42 Å². The second-order valence-corrected chi connectivity index (χ2v) is 6.37. The summed E-state index contributed by atoms with van der Waals surface area (Å²) >= 11 is 1.38. The molecule has 0 atom stereocenters. The Labute approximate surface area is 137 Å². The van der Waals surface area contributed by atoms with Gasteiger partial charge in [0.2, 0.25) is 5.13 Å². The van der Waals surface area contributed by atoms with Crippen molar-refractivity contribution in [1.29, 1.82) is 0 Å². The fourth-order valence-corrected chi connectivity index (χ4v) is 2.79. The Hall–Kier alpha value is -2.54. The zero-order valence-corrected chi connectivity index (χ0v) is 13.8. The molecule has 23 heavy (non-hydrogen) atoms. The average molecular weight is 328 g/mol. The van der Waals surface area contributed by atoms with Crippen molar-refractivity contribution in [3.8, 4) is 11.5 Å². The largest absolute Gasteiger partial charge is 0.463 e. The number of furan rings is 1. The predicted molar refractivity (Wildman–Crippen MR) is 88.6 cm³/mol. The van der Waals surface area contributed by atoms with Gasteiger partial charge in [-0.25, -0.2) is 4.98 Å². The number of aromatic nitrogens is 3. The van der Waals surface area contributed by atoms with Crippen molar-refractivity contribution in [2.24, 2.45) is 0 Å². The number of anilines is 1. The van der Waals surface area contributed by atoms with Crippen molar-refractivity contribution in [3.63, 3.8) is 0 Å². The predicted octanol–water partition coefficient (Wildman–Crippen LogP) is 3.88. The van der Waals surface area contributed by atoms with Gasteiger partial charge in [0.25, 0.3) is 5.91 Å². The molecule has 0 bridgehead atoms. The molecule has 0 aliphatic rings. The van der Waals surface area contributed by atoms with Crippen molar-refractivity contribution in [2.45, 2.75) is 26.7 Å². The first-order chi connectivity index (χ1) is 11.0. The van der Waals surface area contributed by atoms with Crippen LogP contribution in [0.15, 0.2) is 34.9 Å². The Bertz CT molecular complexity index is 824. The van der Waals surface area contributed by atoms with E-state index >= 15 is 0 Å². The third kappa shape index (κ3) is 3.29. The highest BCUT2D eigenvalue weighted by atomic mass is 32.1. The first kappa shape index (κ1) is 15.4. The summed E-state index contributed by atoms with van der Waals surface area (Å²) in [7, 11) is 0. The second kappa shape index (κ2) is 6.29. The molecule has 1 amide bonds. The molecule has 3 rings (SSSR count). The molecule has 0 aliphatic heterocycles. The second-order valence-electron chi connectivity index (χ2n) is 5.36. The van der Waals surface area contributed by atoms with Gasteiger partial charge in [-0.05, 0) is 31.2 Å². The molecular formula is C16H16N4O2S. The summed E-state index contributed by atoms with van der Waals surface area (Å²) in [6.07, 6.45) is 1.59. The van der Waals surface area contributed by atoms with Crippen molar-refractivity contribution in [1.82, 2.24) is 15.2 Å². The molecule has 0 radical (unpaired) electrons. The van der Waals surface area contributed by atoms with Gasteiger partial charge in [0, 0.05) is 5.92 Å². The average Bonchev–Trinajstić information content (AvgIpc) is 3.18.